The number of phenolic OH excluding ortho intramolecular Hbond substituents is 1. The Balaban J connectivity index is 1.45. The Kier molecular flexibility index (Phi) is 5.19. The van der Waals surface area contributed by atoms with Gasteiger partial charge < -0.3 is 15.4 Å². The van der Waals surface area contributed by atoms with Gasteiger partial charge in [0, 0.05) is 13.0 Å². The van der Waals surface area contributed by atoms with Crippen LogP contribution in [0.3, 0.4) is 0 Å². The van der Waals surface area contributed by atoms with E-state index in [9.17, 15) is 14.3 Å². The molecule has 0 saturated heterocycles. The number of nitrogens with one attached hydrogen (secondary N) is 2. The molecular formula is C18H17ClFN3O2. The number of imidazole rings is 1. The molecule has 25 heavy (non-hydrogen) atoms. The van der Waals surface area contributed by atoms with Crippen LogP contribution in [-0.4, -0.2) is 27.5 Å². The number of fused-ring (bicyclic) bond motifs is 1. The average molecular weight is 362 g/mol. The number of H-pyrrole nitrogens is 1. The molecule has 5 nitrogen and oxygen atoms in total. The van der Waals surface area contributed by atoms with Gasteiger partial charge in [-0.1, -0.05) is 17.7 Å². The first kappa shape index (κ1) is 17.2. The van der Waals surface area contributed by atoms with Gasteiger partial charge in [-0.2, -0.15) is 0 Å². The second-order valence-corrected chi connectivity index (χ2v) is 6.17. The number of amides is 1. The zero-order valence-corrected chi connectivity index (χ0v) is 14.1. The van der Waals surface area contributed by atoms with Gasteiger partial charge >= 0.3 is 0 Å². The first-order chi connectivity index (χ1) is 12.0. The van der Waals surface area contributed by atoms with E-state index in [4.69, 9.17) is 11.6 Å². The zero-order valence-electron chi connectivity index (χ0n) is 13.4. The minimum Gasteiger partial charge on any atom is -0.506 e. The molecule has 1 heterocycles. The Morgan fingerprint density at radius 1 is 1.28 bits per heavy atom. The fraction of sp³-hybridized carbons (Fsp3) is 0.222. The van der Waals surface area contributed by atoms with Gasteiger partial charge in [-0.3, -0.25) is 4.79 Å². The van der Waals surface area contributed by atoms with Crippen LogP contribution in [0.5, 0.6) is 5.75 Å². The van der Waals surface area contributed by atoms with Crippen molar-refractivity contribution in [2.75, 3.05) is 6.54 Å². The highest BCUT2D eigenvalue weighted by molar-refractivity contribution is 6.32. The van der Waals surface area contributed by atoms with Crippen LogP contribution >= 0.6 is 11.6 Å². The number of carbonyl (C=O) groups excluding carboxylic acids is 1. The maximum Gasteiger partial charge on any atom is 0.224 e. The van der Waals surface area contributed by atoms with E-state index in [2.05, 4.69) is 15.3 Å². The van der Waals surface area contributed by atoms with E-state index in [1.165, 1.54) is 18.2 Å². The Hall–Kier alpha value is -2.60. The van der Waals surface area contributed by atoms with Crippen molar-refractivity contribution in [1.82, 2.24) is 15.3 Å². The largest absolute Gasteiger partial charge is 0.506 e. The molecule has 2 aromatic carbocycles. The van der Waals surface area contributed by atoms with Crippen LogP contribution in [0.4, 0.5) is 4.39 Å². The summed E-state index contributed by atoms with van der Waals surface area (Å²) in [6.07, 6.45) is 1.57. The average Bonchev–Trinajstić information content (AvgIpc) is 2.97. The lowest BCUT2D eigenvalue weighted by molar-refractivity contribution is -0.120. The summed E-state index contributed by atoms with van der Waals surface area (Å²) in [5.74, 6) is 0.342. The molecule has 3 N–H and O–H groups in total. The van der Waals surface area contributed by atoms with Crippen molar-refractivity contribution in [1.29, 1.82) is 0 Å². The standard InChI is InChI=1S/C18H17ClFN3O2/c19-13-8-11(3-6-16(13)24)9-18(25)21-7-1-2-17-22-14-5-4-12(20)10-15(14)23-17/h3-6,8,10,24H,1-2,7,9H2,(H,21,25)(H,22,23). The number of hydrogen-bond acceptors (Lipinski definition) is 3. The summed E-state index contributed by atoms with van der Waals surface area (Å²) in [5, 5.41) is 12.4. The first-order valence-corrected chi connectivity index (χ1v) is 8.27. The third-order valence-electron chi connectivity index (χ3n) is 3.78. The van der Waals surface area contributed by atoms with Crippen LogP contribution < -0.4 is 5.32 Å². The number of aryl methyl sites for hydroxylation is 1. The molecule has 1 aromatic heterocycles. The summed E-state index contributed by atoms with van der Waals surface area (Å²) in [4.78, 5) is 19.4. The Bertz CT molecular complexity index is 910. The van der Waals surface area contributed by atoms with Crippen LogP contribution in [-0.2, 0) is 17.6 Å². The number of carbonyl (C=O) groups is 1. The summed E-state index contributed by atoms with van der Waals surface area (Å²) < 4.78 is 13.1. The predicted molar refractivity (Wildman–Crippen MR) is 94.2 cm³/mol. The molecule has 0 atom stereocenters. The van der Waals surface area contributed by atoms with Gasteiger partial charge in [0.25, 0.3) is 0 Å². The molecule has 0 bridgehead atoms. The van der Waals surface area contributed by atoms with Crippen molar-refractivity contribution in [2.24, 2.45) is 0 Å². The smallest absolute Gasteiger partial charge is 0.224 e. The summed E-state index contributed by atoms with van der Waals surface area (Å²) in [7, 11) is 0. The molecule has 130 valence electrons. The number of aromatic nitrogens is 2. The predicted octanol–water partition coefficient (Wildman–Crippen LogP) is 3.35. The number of benzene rings is 2. The Morgan fingerprint density at radius 3 is 2.92 bits per heavy atom. The van der Waals surface area contributed by atoms with Gasteiger partial charge in [0.1, 0.15) is 17.4 Å². The fourth-order valence-corrected chi connectivity index (χ4v) is 2.75. The van der Waals surface area contributed by atoms with Gasteiger partial charge in [-0.15, -0.1) is 0 Å². The van der Waals surface area contributed by atoms with E-state index >= 15 is 0 Å². The van der Waals surface area contributed by atoms with E-state index in [1.807, 2.05) is 0 Å². The molecular weight excluding hydrogens is 345 g/mol. The highest BCUT2D eigenvalue weighted by Gasteiger charge is 2.07. The van der Waals surface area contributed by atoms with Crippen molar-refractivity contribution in [3.05, 3.63) is 58.6 Å². The highest BCUT2D eigenvalue weighted by Crippen LogP contribution is 2.23. The first-order valence-electron chi connectivity index (χ1n) is 7.89. The van der Waals surface area contributed by atoms with Gasteiger partial charge in [-0.25, -0.2) is 9.37 Å². The molecule has 1 amide bonds. The van der Waals surface area contributed by atoms with E-state index in [0.717, 1.165) is 16.9 Å². The summed E-state index contributed by atoms with van der Waals surface area (Å²) in [6.45, 7) is 0.510. The Labute approximate surface area is 148 Å². The Morgan fingerprint density at radius 2 is 2.12 bits per heavy atom. The van der Waals surface area contributed by atoms with E-state index in [-0.39, 0.29) is 28.9 Å². The lowest BCUT2D eigenvalue weighted by Crippen LogP contribution is -2.26. The molecule has 3 aromatic rings. The van der Waals surface area contributed by atoms with Crippen molar-refractivity contribution in [3.63, 3.8) is 0 Å². The quantitative estimate of drug-likeness (QED) is 0.589. The number of aromatic amines is 1. The van der Waals surface area contributed by atoms with Gasteiger partial charge in [-0.05, 0) is 42.3 Å². The minimum absolute atomic E-state index is 0.00320. The molecule has 0 fully saturated rings. The monoisotopic (exact) mass is 361 g/mol. The second kappa shape index (κ2) is 7.53. The topological polar surface area (TPSA) is 78.0 Å². The SMILES string of the molecule is O=C(Cc1ccc(O)c(Cl)c1)NCCCc1nc2ccc(F)cc2[nH]1. The number of phenols is 1. The molecule has 0 aliphatic carbocycles. The summed E-state index contributed by atoms with van der Waals surface area (Å²) in [5.41, 5.74) is 2.13. The maximum atomic E-state index is 13.1. The zero-order chi connectivity index (χ0) is 17.8. The molecule has 0 aliphatic rings. The number of aromatic hydroxyl groups is 1. The molecule has 0 unspecified atom stereocenters. The fourth-order valence-electron chi connectivity index (χ4n) is 2.54. The summed E-state index contributed by atoms with van der Waals surface area (Å²) in [6, 6.07) is 9.13. The lowest BCUT2D eigenvalue weighted by atomic mass is 10.1. The van der Waals surface area contributed by atoms with Gasteiger partial charge in [0.2, 0.25) is 5.91 Å². The molecule has 0 radical (unpaired) electrons. The molecule has 0 saturated carbocycles. The summed E-state index contributed by atoms with van der Waals surface area (Å²) >= 11 is 5.82. The minimum atomic E-state index is -0.302. The molecule has 3 rings (SSSR count). The van der Waals surface area contributed by atoms with Crippen LogP contribution in [0.1, 0.15) is 17.8 Å². The number of hydrogen-bond donors (Lipinski definition) is 3. The van der Waals surface area contributed by atoms with E-state index in [0.29, 0.717) is 24.9 Å². The van der Waals surface area contributed by atoms with Gasteiger partial charge in [0.05, 0.1) is 22.5 Å². The van der Waals surface area contributed by atoms with Crippen molar-refractivity contribution < 1.29 is 14.3 Å². The normalized spacial score (nSPS) is 11.0. The number of nitrogens with zero attached hydrogens (tertiary/aromatic N) is 1. The number of halogens is 2. The lowest BCUT2D eigenvalue weighted by Gasteiger charge is -2.05. The van der Waals surface area contributed by atoms with Crippen LogP contribution in [0, 0.1) is 5.82 Å². The van der Waals surface area contributed by atoms with Crippen LogP contribution in [0.15, 0.2) is 36.4 Å². The van der Waals surface area contributed by atoms with Crippen molar-refractivity contribution in [2.45, 2.75) is 19.3 Å². The van der Waals surface area contributed by atoms with E-state index in [1.54, 1.807) is 18.2 Å². The number of rotatable bonds is 6. The molecule has 0 spiro atoms. The van der Waals surface area contributed by atoms with Crippen LogP contribution in [0.2, 0.25) is 5.02 Å². The molecule has 0 aliphatic heterocycles. The second-order valence-electron chi connectivity index (χ2n) is 5.76. The van der Waals surface area contributed by atoms with Crippen LogP contribution in [0.25, 0.3) is 11.0 Å². The molecule has 7 heteroatoms. The third kappa shape index (κ3) is 4.48. The van der Waals surface area contributed by atoms with E-state index < -0.39 is 0 Å². The third-order valence-corrected chi connectivity index (χ3v) is 4.09. The highest BCUT2D eigenvalue weighted by atomic mass is 35.5. The maximum absolute atomic E-state index is 13.1. The van der Waals surface area contributed by atoms with Gasteiger partial charge in [0.15, 0.2) is 0 Å². The van der Waals surface area contributed by atoms with Crippen molar-refractivity contribution >= 4 is 28.5 Å². The van der Waals surface area contributed by atoms with Crippen molar-refractivity contribution in [3.8, 4) is 5.75 Å².